The number of hydrazine groups is 1. The summed E-state index contributed by atoms with van der Waals surface area (Å²) in [5.41, 5.74) is 3.60. The maximum Gasteiger partial charge on any atom is 0.244 e. The molecule has 0 radical (unpaired) electrons. The number of fused-ring (bicyclic) bond motifs is 1. The van der Waals surface area contributed by atoms with Crippen LogP contribution in [0.3, 0.4) is 0 Å². The summed E-state index contributed by atoms with van der Waals surface area (Å²) in [6, 6.07) is 7.81. The minimum Gasteiger partial charge on any atom is -0.464 e. The fourth-order valence-corrected chi connectivity index (χ4v) is 3.08. The van der Waals surface area contributed by atoms with E-state index in [9.17, 15) is 4.79 Å². The molecule has 3 rings (SSSR count). The number of hydrogen-bond donors (Lipinski definition) is 2. The van der Waals surface area contributed by atoms with Gasteiger partial charge in [0.1, 0.15) is 5.58 Å². The lowest BCUT2D eigenvalue weighted by Gasteiger charge is -2.25. The molecular formula is C14H16N2O2. The fourth-order valence-electron chi connectivity index (χ4n) is 3.08. The Morgan fingerprint density at radius 2 is 2.00 bits per heavy atom. The summed E-state index contributed by atoms with van der Waals surface area (Å²) in [5, 5.41) is 1.02. The van der Waals surface area contributed by atoms with E-state index in [-0.39, 0.29) is 5.91 Å². The number of nitrogens with two attached hydrogens (primary N) is 1. The highest BCUT2D eigenvalue weighted by Crippen LogP contribution is 2.44. The van der Waals surface area contributed by atoms with Crippen LogP contribution in [0, 0.1) is 0 Å². The Morgan fingerprint density at radius 3 is 2.72 bits per heavy atom. The first-order valence-electron chi connectivity index (χ1n) is 6.26. The van der Waals surface area contributed by atoms with E-state index in [0.717, 1.165) is 42.2 Å². The number of rotatable bonds is 2. The lowest BCUT2D eigenvalue weighted by molar-refractivity contribution is -0.126. The zero-order valence-corrected chi connectivity index (χ0v) is 10.1. The first-order chi connectivity index (χ1) is 8.78. The summed E-state index contributed by atoms with van der Waals surface area (Å²) in [4.78, 5) is 12.2. The van der Waals surface area contributed by atoms with E-state index in [1.807, 2.05) is 24.3 Å². The van der Waals surface area contributed by atoms with Crippen LogP contribution >= 0.6 is 0 Å². The van der Waals surface area contributed by atoms with E-state index in [4.69, 9.17) is 10.3 Å². The van der Waals surface area contributed by atoms with Gasteiger partial charge in [-0.3, -0.25) is 10.2 Å². The highest BCUT2D eigenvalue weighted by molar-refractivity contribution is 5.94. The summed E-state index contributed by atoms with van der Waals surface area (Å²) in [7, 11) is 0. The molecule has 0 atom stereocenters. The number of furan rings is 1. The van der Waals surface area contributed by atoms with Crippen LogP contribution < -0.4 is 11.3 Å². The lowest BCUT2D eigenvalue weighted by atomic mass is 9.78. The van der Waals surface area contributed by atoms with E-state index in [0.29, 0.717) is 0 Å². The summed E-state index contributed by atoms with van der Waals surface area (Å²) >= 11 is 0. The molecule has 18 heavy (non-hydrogen) atoms. The molecule has 0 unspecified atom stereocenters. The van der Waals surface area contributed by atoms with Crippen LogP contribution in [-0.4, -0.2) is 5.91 Å². The van der Waals surface area contributed by atoms with E-state index in [2.05, 4.69) is 5.43 Å². The minimum atomic E-state index is -0.513. The predicted octanol–water partition coefficient (Wildman–Crippen LogP) is 2.23. The van der Waals surface area contributed by atoms with Gasteiger partial charge >= 0.3 is 0 Å². The van der Waals surface area contributed by atoms with Gasteiger partial charge in [-0.2, -0.15) is 0 Å². The molecule has 0 spiro atoms. The van der Waals surface area contributed by atoms with Crippen LogP contribution in [0.15, 0.2) is 34.9 Å². The van der Waals surface area contributed by atoms with Crippen LogP contribution in [0.4, 0.5) is 0 Å². The zero-order valence-electron chi connectivity index (χ0n) is 10.1. The van der Waals surface area contributed by atoms with E-state index in [1.54, 1.807) is 6.26 Å². The second kappa shape index (κ2) is 4.14. The third kappa shape index (κ3) is 1.46. The summed E-state index contributed by atoms with van der Waals surface area (Å²) in [6.07, 6.45) is 5.48. The van der Waals surface area contributed by atoms with Crippen LogP contribution in [0.5, 0.6) is 0 Å². The molecule has 0 aliphatic heterocycles. The molecule has 3 N–H and O–H groups in total. The van der Waals surface area contributed by atoms with E-state index < -0.39 is 5.41 Å². The number of carbonyl (C=O) groups is 1. The van der Waals surface area contributed by atoms with Crippen LogP contribution in [0.1, 0.15) is 31.2 Å². The van der Waals surface area contributed by atoms with Crippen LogP contribution in [0.2, 0.25) is 0 Å². The maximum absolute atomic E-state index is 12.2. The molecular weight excluding hydrogens is 228 g/mol. The van der Waals surface area contributed by atoms with Gasteiger partial charge in [0, 0.05) is 10.9 Å². The molecule has 1 amide bonds. The number of amides is 1. The van der Waals surface area contributed by atoms with Gasteiger partial charge in [0.15, 0.2) is 0 Å². The molecule has 1 aromatic heterocycles. The van der Waals surface area contributed by atoms with Crippen LogP contribution in [0.25, 0.3) is 11.0 Å². The molecule has 1 saturated carbocycles. The summed E-state index contributed by atoms with van der Waals surface area (Å²) in [6.45, 7) is 0. The number of para-hydroxylation sites is 1. The van der Waals surface area contributed by atoms with Gasteiger partial charge in [0.2, 0.25) is 5.91 Å². The van der Waals surface area contributed by atoms with Crippen molar-refractivity contribution in [1.82, 2.24) is 5.43 Å². The highest BCUT2D eigenvalue weighted by atomic mass is 16.3. The third-order valence-corrected chi connectivity index (χ3v) is 4.02. The van der Waals surface area contributed by atoms with Gasteiger partial charge in [0.05, 0.1) is 11.7 Å². The van der Waals surface area contributed by atoms with Crippen molar-refractivity contribution in [1.29, 1.82) is 0 Å². The Balaban J connectivity index is 2.19. The lowest BCUT2D eigenvalue weighted by Crippen LogP contribution is -2.45. The fraction of sp³-hybridized carbons (Fsp3) is 0.357. The molecule has 1 aliphatic carbocycles. The molecule has 4 heteroatoms. The van der Waals surface area contributed by atoms with Gasteiger partial charge in [0.25, 0.3) is 0 Å². The third-order valence-electron chi connectivity index (χ3n) is 4.02. The largest absolute Gasteiger partial charge is 0.464 e. The minimum absolute atomic E-state index is 0.105. The molecule has 1 aliphatic rings. The number of nitrogens with one attached hydrogen (secondary N) is 1. The highest BCUT2D eigenvalue weighted by Gasteiger charge is 2.44. The van der Waals surface area contributed by atoms with Crippen LogP contribution in [-0.2, 0) is 10.2 Å². The summed E-state index contributed by atoms with van der Waals surface area (Å²) < 4.78 is 5.56. The normalized spacial score (nSPS) is 18.1. The zero-order chi connectivity index (χ0) is 12.6. The molecule has 1 heterocycles. The van der Waals surface area contributed by atoms with Crippen molar-refractivity contribution < 1.29 is 9.21 Å². The smallest absolute Gasteiger partial charge is 0.244 e. The SMILES string of the molecule is NNC(=O)C1(c2coc3ccccc23)CCCC1. The van der Waals surface area contributed by atoms with Gasteiger partial charge in [-0.1, -0.05) is 31.0 Å². The molecule has 4 nitrogen and oxygen atoms in total. The van der Waals surface area contributed by atoms with Crippen molar-refractivity contribution in [3.05, 3.63) is 36.1 Å². The van der Waals surface area contributed by atoms with Gasteiger partial charge in [-0.15, -0.1) is 0 Å². The summed E-state index contributed by atoms with van der Waals surface area (Å²) in [5.74, 6) is 5.25. The first kappa shape index (κ1) is 11.3. The number of carbonyl (C=O) groups excluding carboxylic acids is 1. The standard InChI is InChI=1S/C14H16N2O2/c15-16-13(17)14(7-3-4-8-14)11-9-18-12-6-2-1-5-10(11)12/h1-2,5-6,9H,3-4,7-8,15H2,(H,16,17). The average Bonchev–Trinajstić information content (AvgIpc) is 3.04. The molecule has 0 bridgehead atoms. The van der Waals surface area contributed by atoms with Gasteiger partial charge in [-0.05, 0) is 18.9 Å². The molecule has 94 valence electrons. The molecule has 0 saturated heterocycles. The predicted molar refractivity (Wildman–Crippen MR) is 68.7 cm³/mol. The monoisotopic (exact) mass is 244 g/mol. The Labute approximate surface area is 105 Å². The van der Waals surface area contributed by atoms with E-state index in [1.165, 1.54) is 0 Å². The van der Waals surface area contributed by atoms with Gasteiger partial charge < -0.3 is 4.42 Å². The van der Waals surface area contributed by atoms with Crippen molar-refractivity contribution in [2.24, 2.45) is 5.84 Å². The van der Waals surface area contributed by atoms with Crippen molar-refractivity contribution in [2.45, 2.75) is 31.1 Å². The van der Waals surface area contributed by atoms with E-state index >= 15 is 0 Å². The van der Waals surface area contributed by atoms with Crippen molar-refractivity contribution in [2.75, 3.05) is 0 Å². The van der Waals surface area contributed by atoms with Crippen molar-refractivity contribution in [3.63, 3.8) is 0 Å². The number of hydrogen-bond acceptors (Lipinski definition) is 3. The quantitative estimate of drug-likeness (QED) is 0.483. The number of benzene rings is 1. The topological polar surface area (TPSA) is 68.3 Å². The van der Waals surface area contributed by atoms with Crippen molar-refractivity contribution in [3.8, 4) is 0 Å². The first-order valence-corrected chi connectivity index (χ1v) is 6.26. The molecule has 2 aromatic rings. The molecule has 1 fully saturated rings. The Hall–Kier alpha value is -1.81. The second-order valence-corrected chi connectivity index (χ2v) is 4.91. The Morgan fingerprint density at radius 1 is 1.28 bits per heavy atom. The van der Waals surface area contributed by atoms with Crippen molar-refractivity contribution >= 4 is 16.9 Å². The Kier molecular flexibility index (Phi) is 2.59. The average molecular weight is 244 g/mol. The molecule has 1 aromatic carbocycles. The Bertz CT molecular complexity index is 582. The van der Waals surface area contributed by atoms with Gasteiger partial charge in [-0.25, -0.2) is 5.84 Å². The maximum atomic E-state index is 12.2. The second-order valence-electron chi connectivity index (χ2n) is 4.91.